The number of Topliss-reactive ketones (excluding diaryl/α,β-unsaturated/α-hetero) is 1. The molecule has 0 aliphatic carbocycles. The normalized spacial score (nSPS) is 11.7. The zero-order valence-electron chi connectivity index (χ0n) is 16.7. The van der Waals surface area contributed by atoms with Crippen LogP contribution in [0.15, 0.2) is 76.4 Å². The Kier molecular flexibility index (Phi) is 5.24. The first-order chi connectivity index (χ1) is 13.9. The van der Waals surface area contributed by atoms with E-state index in [2.05, 4.69) is 43.1 Å². The number of aromatic nitrogens is 2. The van der Waals surface area contributed by atoms with Crippen molar-refractivity contribution < 1.29 is 9.21 Å². The Morgan fingerprint density at radius 1 is 0.931 bits per heavy atom. The summed E-state index contributed by atoms with van der Waals surface area (Å²) in [6, 6.07) is 22.0. The first-order valence-corrected chi connectivity index (χ1v) is 10.5. The summed E-state index contributed by atoms with van der Waals surface area (Å²) in [6.07, 6.45) is 0. The SMILES string of the molecule is CC(C)(C)c1ccc(C(=O)CSc2nnc(-c3ccc4ccccc4c3)o2)cc1. The molecular formula is C24H22N2O2S. The number of carbonyl (C=O) groups is 1. The van der Waals surface area contributed by atoms with Gasteiger partial charge in [-0.1, -0.05) is 87.1 Å². The van der Waals surface area contributed by atoms with E-state index in [1.807, 2.05) is 54.6 Å². The fourth-order valence-electron chi connectivity index (χ4n) is 3.07. The lowest BCUT2D eigenvalue weighted by Gasteiger charge is -2.18. The Hall–Kier alpha value is -2.92. The summed E-state index contributed by atoms with van der Waals surface area (Å²) >= 11 is 1.26. The monoisotopic (exact) mass is 402 g/mol. The molecule has 146 valence electrons. The van der Waals surface area contributed by atoms with Crippen molar-refractivity contribution in [1.82, 2.24) is 10.2 Å². The average Bonchev–Trinajstić information content (AvgIpc) is 3.20. The third-order valence-electron chi connectivity index (χ3n) is 4.80. The predicted molar refractivity (Wildman–Crippen MR) is 117 cm³/mol. The van der Waals surface area contributed by atoms with Crippen molar-refractivity contribution in [2.75, 3.05) is 5.75 Å². The third-order valence-corrected chi connectivity index (χ3v) is 5.62. The van der Waals surface area contributed by atoms with Crippen molar-refractivity contribution in [2.45, 2.75) is 31.4 Å². The highest BCUT2D eigenvalue weighted by molar-refractivity contribution is 7.99. The maximum absolute atomic E-state index is 12.5. The first-order valence-electron chi connectivity index (χ1n) is 9.49. The zero-order valence-corrected chi connectivity index (χ0v) is 17.5. The van der Waals surface area contributed by atoms with Crippen molar-refractivity contribution in [3.8, 4) is 11.5 Å². The number of fused-ring (bicyclic) bond motifs is 1. The third kappa shape index (κ3) is 4.40. The molecule has 0 bridgehead atoms. The van der Waals surface area contributed by atoms with E-state index in [1.165, 1.54) is 17.3 Å². The van der Waals surface area contributed by atoms with Gasteiger partial charge in [-0.05, 0) is 33.9 Å². The number of benzene rings is 3. The van der Waals surface area contributed by atoms with Gasteiger partial charge in [-0.25, -0.2) is 0 Å². The van der Waals surface area contributed by atoms with E-state index >= 15 is 0 Å². The average molecular weight is 403 g/mol. The lowest BCUT2D eigenvalue weighted by atomic mass is 9.86. The Bertz CT molecular complexity index is 1160. The standard InChI is InChI=1S/C24H22N2O2S/c1-24(2,3)20-12-10-17(11-13-20)21(27)15-29-23-26-25-22(28-23)19-9-8-16-6-4-5-7-18(16)14-19/h4-14H,15H2,1-3H3. The Morgan fingerprint density at radius 3 is 2.38 bits per heavy atom. The molecule has 29 heavy (non-hydrogen) atoms. The molecule has 5 heteroatoms. The van der Waals surface area contributed by atoms with Gasteiger partial charge >= 0.3 is 0 Å². The van der Waals surface area contributed by atoms with Gasteiger partial charge in [-0.3, -0.25) is 4.79 Å². The Morgan fingerprint density at radius 2 is 1.66 bits per heavy atom. The second-order valence-electron chi connectivity index (χ2n) is 7.97. The maximum atomic E-state index is 12.5. The summed E-state index contributed by atoms with van der Waals surface area (Å²) in [7, 11) is 0. The minimum absolute atomic E-state index is 0.0425. The fourth-order valence-corrected chi connectivity index (χ4v) is 3.73. The van der Waals surface area contributed by atoms with Crippen LogP contribution in [0.5, 0.6) is 0 Å². The zero-order chi connectivity index (χ0) is 20.4. The highest BCUT2D eigenvalue weighted by Gasteiger charge is 2.16. The molecule has 0 saturated heterocycles. The van der Waals surface area contributed by atoms with Crippen molar-refractivity contribution in [3.63, 3.8) is 0 Å². The van der Waals surface area contributed by atoms with E-state index < -0.39 is 0 Å². The molecule has 0 aliphatic rings. The van der Waals surface area contributed by atoms with Gasteiger partial charge in [0.25, 0.3) is 5.22 Å². The van der Waals surface area contributed by atoms with Gasteiger partial charge in [-0.15, -0.1) is 10.2 Å². The first kappa shape index (κ1) is 19.4. The molecule has 1 heterocycles. The molecule has 0 radical (unpaired) electrons. The second-order valence-corrected chi connectivity index (χ2v) is 8.90. The van der Waals surface area contributed by atoms with Crippen LogP contribution in [0.2, 0.25) is 0 Å². The van der Waals surface area contributed by atoms with Crippen molar-refractivity contribution in [1.29, 1.82) is 0 Å². The molecule has 0 amide bonds. The summed E-state index contributed by atoms with van der Waals surface area (Å²) in [5.41, 5.74) is 2.84. The van der Waals surface area contributed by atoms with E-state index in [-0.39, 0.29) is 17.0 Å². The molecule has 0 fully saturated rings. The van der Waals surface area contributed by atoms with E-state index in [9.17, 15) is 4.79 Å². The number of hydrogen-bond donors (Lipinski definition) is 0. The molecule has 0 N–H and O–H groups in total. The van der Waals surface area contributed by atoms with Gasteiger partial charge < -0.3 is 4.42 Å². The lowest BCUT2D eigenvalue weighted by Crippen LogP contribution is -2.11. The van der Waals surface area contributed by atoms with Gasteiger partial charge in [0.15, 0.2) is 5.78 Å². The molecule has 0 saturated carbocycles. The summed E-state index contributed by atoms with van der Waals surface area (Å²) < 4.78 is 5.76. The van der Waals surface area contributed by atoms with Gasteiger partial charge in [0.2, 0.25) is 5.89 Å². The quantitative estimate of drug-likeness (QED) is 0.295. The molecule has 4 aromatic rings. The number of thioether (sulfide) groups is 1. The summed E-state index contributed by atoms with van der Waals surface area (Å²) in [5, 5.41) is 10.9. The Labute approximate surface area is 174 Å². The van der Waals surface area contributed by atoms with Crippen molar-refractivity contribution in [2.24, 2.45) is 0 Å². The molecule has 0 unspecified atom stereocenters. The van der Waals surface area contributed by atoms with Crippen LogP contribution in [-0.4, -0.2) is 21.7 Å². The molecule has 0 aliphatic heterocycles. The largest absolute Gasteiger partial charge is 0.411 e. The number of nitrogens with zero attached hydrogens (tertiary/aromatic N) is 2. The van der Waals surface area contributed by atoms with Crippen LogP contribution in [0.25, 0.3) is 22.2 Å². The van der Waals surface area contributed by atoms with Crippen LogP contribution < -0.4 is 0 Å². The van der Waals surface area contributed by atoms with Crippen molar-refractivity contribution >= 4 is 28.3 Å². The van der Waals surface area contributed by atoms with E-state index in [0.29, 0.717) is 16.7 Å². The highest BCUT2D eigenvalue weighted by Crippen LogP contribution is 2.27. The van der Waals surface area contributed by atoms with Gasteiger partial charge in [-0.2, -0.15) is 0 Å². The maximum Gasteiger partial charge on any atom is 0.277 e. The lowest BCUT2D eigenvalue weighted by molar-refractivity contribution is 0.102. The number of rotatable bonds is 5. The second kappa shape index (κ2) is 7.84. The van der Waals surface area contributed by atoms with E-state index in [4.69, 9.17) is 4.42 Å². The topological polar surface area (TPSA) is 56.0 Å². The molecule has 3 aromatic carbocycles. The fraction of sp³-hybridized carbons (Fsp3) is 0.208. The van der Waals surface area contributed by atoms with Crippen LogP contribution in [-0.2, 0) is 5.41 Å². The molecule has 0 atom stereocenters. The molecular weight excluding hydrogens is 380 g/mol. The van der Waals surface area contributed by atoms with Gasteiger partial charge in [0, 0.05) is 11.1 Å². The summed E-state index contributed by atoms with van der Waals surface area (Å²) in [6.45, 7) is 6.47. The van der Waals surface area contributed by atoms with Crippen LogP contribution in [0.3, 0.4) is 0 Å². The minimum atomic E-state index is 0.0425. The highest BCUT2D eigenvalue weighted by atomic mass is 32.2. The molecule has 4 nitrogen and oxygen atoms in total. The number of ketones is 1. The van der Waals surface area contributed by atoms with Gasteiger partial charge in [0.05, 0.1) is 5.75 Å². The van der Waals surface area contributed by atoms with Crippen LogP contribution in [0, 0.1) is 0 Å². The summed E-state index contributed by atoms with van der Waals surface area (Å²) in [5.74, 6) is 0.759. The van der Waals surface area contributed by atoms with E-state index in [1.54, 1.807) is 0 Å². The van der Waals surface area contributed by atoms with E-state index in [0.717, 1.165) is 16.3 Å². The minimum Gasteiger partial charge on any atom is -0.411 e. The smallest absolute Gasteiger partial charge is 0.277 e. The van der Waals surface area contributed by atoms with Gasteiger partial charge in [0.1, 0.15) is 0 Å². The van der Waals surface area contributed by atoms with Crippen LogP contribution in [0.1, 0.15) is 36.7 Å². The number of carbonyl (C=O) groups excluding carboxylic acids is 1. The predicted octanol–water partition coefficient (Wildman–Crippen LogP) is 6.16. The molecule has 1 aromatic heterocycles. The number of hydrogen-bond acceptors (Lipinski definition) is 5. The Balaban J connectivity index is 1.43. The van der Waals surface area contributed by atoms with Crippen LogP contribution in [0.4, 0.5) is 0 Å². The molecule has 4 rings (SSSR count). The molecule has 0 spiro atoms. The van der Waals surface area contributed by atoms with Crippen molar-refractivity contribution in [3.05, 3.63) is 77.9 Å². The summed E-state index contributed by atoms with van der Waals surface area (Å²) in [4.78, 5) is 12.5. The van der Waals surface area contributed by atoms with Crippen LogP contribution >= 0.6 is 11.8 Å².